The van der Waals surface area contributed by atoms with Crippen LogP contribution in [0, 0.1) is 0 Å². The van der Waals surface area contributed by atoms with Crippen molar-refractivity contribution in [2.24, 2.45) is 0 Å². The van der Waals surface area contributed by atoms with Crippen LogP contribution in [-0.4, -0.2) is 35.0 Å². The van der Waals surface area contributed by atoms with Crippen molar-refractivity contribution < 1.29 is 0 Å². The maximum atomic E-state index is 4.45. The van der Waals surface area contributed by atoms with E-state index >= 15 is 0 Å². The first-order chi connectivity index (χ1) is 11.9. The molecule has 0 saturated heterocycles. The van der Waals surface area contributed by atoms with Crippen LogP contribution in [-0.2, 0) is 5.75 Å². The van der Waals surface area contributed by atoms with Crippen LogP contribution in [0.5, 0.6) is 0 Å². The molecule has 0 bridgehead atoms. The standard InChI is InChI=1S/C16H17N7S/c1-2-4-13(5-3-1)23-14(17-20-21-23)10-24-16-19-18-15(11-6-7-11)22(16)12-8-9-12/h1-5,11-12H,6-10H2. The molecule has 2 aliphatic carbocycles. The summed E-state index contributed by atoms with van der Waals surface area (Å²) in [6.45, 7) is 0. The summed E-state index contributed by atoms with van der Waals surface area (Å²) in [4.78, 5) is 0. The van der Waals surface area contributed by atoms with E-state index in [2.05, 4.69) is 30.3 Å². The van der Waals surface area contributed by atoms with Gasteiger partial charge in [-0.25, -0.2) is 0 Å². The van der Waals surface area contributed by atoms with Gasteiger partial charge in [-0.3, -0.25) is 0 Å². The topological polar surface area (TPSA) is 74.3 Å². The quantitative estimate of drug-likeness (QED) is 0.643. The Morgan fingerprint density at radius 1 is 1.00 bits per heavy atom. The number of nitrogens with zero attached hydrogens (tertiary/aromatic N) is 7. The zero-order chi connectivity index (χ0) is 15.9. The van der Waals surface area contributed by atoms with E-state index in [0.29, 0.717) is 17.7 Å². The number of tetrazole rings is 1. The van der Waals surface area contributed by atoms with Gasteiger partial charge in [0.25, 0.3) is 0 Å². The van der Waals surface area contributed by atoms with Crippen molar-refractivity contribution in [2.75, 3.05) is 0 Å². The van der Waals surface area contributed by atoms with Crippen molar-refractivity contribution in [2.45, 2.75) is 48.6 Å². The highest BCUT2D eigenvalue weighted by molar-refractivity contribution is 7.98. The average Bonchev–Trinajstić information content (AvgIpc) is 3.55. The van der Waals surface area contributed by atoms with Gasteiger partial charge in [0, 0.05) is 12.0 Å². The monoisotopic (exact) mass is 339 g/mol. The minimum Gasteiger partial charge on any atom is -0.303 e. The van der Waals surface area contributed by atoms with E-state index in [0.717, 1.165) is 16.7 Å². The van der Waals surface area contributed by atoms with Gasteiger partial charge in [0.15, 0.2) is 11.0 Å². The highest BCUT2D eigenvalue weighted by atomic mass is 32.2. The molecule has 5 rings (SSSR count). The van der Waals surface area contributed by atoms with Gasteiger partial charge in [0.05, 0.1) is 11.4 Å². The van der Waals surface area contributed by atoms with Gasteiger partial charge in [0.2, 0.25) is 0 Å². The third-order valence-corrected chi connectivity index (χ3v) is 5.35. The molecule has 0 aliphatic heterocycles. The third-order valence-electron chi connectivity index (χ3n) is 4.41. The third kappa shape index (κ3) is 2.60. The fraction of sp³-hybridized carbons (Fsp3) is 0.438. The number of benzene rings is 1. The molecular weight excluding hydrogens is 322 g/mol. The Balaban J connectivity index is 1.38. The summed E-state index contributed by atoms with van der Waals surface area (Å²) in [6.07, 6.45) is 4.99. The minimum atomic E-state index is 0.600. The molecule has 8 heteroatoms. The Hall–Kier alpha value is -2.22. The Morgan fingerprint density at radius 3 is 2.58 bits per heavy atom. The highest BCUT2D eigenvalue weighted by Gasteiger charge is 2.36. The molecular formula is C16H17N7S. The van der Waals surface area contributed by atoms with Crippen molar-refractivity contribution >= 4 is 11.8 Å². The molecule has 2 heterocycles. The Morgan fingerprint density at radius 2 is 1.83 bits per heavy atom. The van der Waals surface area contributed by atoms with Crippen LogP contribution in [0.25, 0.3) is 5.69 Å². The predicted octanol–water partition coefficient (Wildman–Crippen LogP) is 2.76. The molecule has 3 aromatic rings. The lowest BCUT2D eigenvalue weighted by molar-refractivity contribution is 0.626. The van der Waals surface area contributed by atoms with E-state index in [-0.39, 0.29) is 0 Å². The number of thioether (sulfide) groups is 1. The molecule has 2 saturated carbocycles. The van der Waals surface area contributed by atoms with Crippen LogP contribution >= 0.6 is 11.8 Å². The Labute approximate surface area is 143 Å². The second-order valence-corrected chi connectivity index (χ2v) is 7.29. The van der Waals surface area contributed by atoms with Gasteiger partial charge >= 0.3 is 0 Å². The van der Waals surface area contributed by atoms with Crippen LogP contribution < -0.4 is 0 Å². The van der Waals surface area contributed by atoms with Crippen LogP contribution in [0.15, 0.2) is 35.5 Å². The summed E-state index contributed by atoms with van der Waals surface area (Å²) in [7, 11) is 0. The molecule has 2 fully saturated rings. The molecule has 7 nitrogen and oxygen atoms in total. The summed E-state index contributed by atoms with van der Waals surface area (Å²) in [5.74, 6) is 3.31. The zero-order valence-electron chi connectivity index (χ0n) is 13.1. The first-order valence-electron chi connectivity index (χ1n) is 8.30. The molecule has 0 atom stereocenters. The normalized spacial score (nSPS) is 17.3. The van der Waals surface area contributed by atoms with Crippen LogP contribution in [0.2, 0.25) is 0 Å². The van der Waals surface area contributed by atoms with Crippen LogP contribution in [0.4, 0.5) is 0 Å². The molecule has 24 heavy (non-hydrogen) atoms. The van der Waals surface area contributed by atoms with Gasteiger partial charge in [-0.1, -0.05) is 30.0 Å². The molecule has 0 radical (unpaired) electrons. The fourth-order valence-corrected chi connectivity index (χ4v) is 3.80. The molecule has 2 aliphatic rings. The van der Waals surface area contributed by atoms with Crippen molar-refractivity contribution in [3.8, 4) is 5.69 Å². The van der Waals surface area contributed by atoms with Crippen LogP contribution in [0.1, 0.15) is 49.3 Å². The Kier molecular flexibility index (Phi) is 3.36. The van der Waals surface area contributed by atoms with E-state index in [1.54, 1.807) is 16.4 Å². The smallest absolute Gasteiger partial charge is 0.191 e. The first kappa shape index (κ1) is 14.2. The average molecular weight is 339 g/mol. The maximum Gasteiger partial charge on any atom is 0.191 e. The van der Waals surface area contributed by atoms with Gasteiger partial charge < -0.3 is 4.57 Å². The lowest BCUT2D eigenvalue weighted by Gasteiger charge is -2.08. The minimum absolute atomic E-state index is 0.600. The molecule has 1 aromatic carbocycles. The van der Waals surface area contributed by atoms with E-state index in [1.165, 1.54) is 31.5 Å². The lowest BCUT2D eigenvalue weighted by Crippen LogP contribution is -2.04. The molecule has 0 N–H and O–H groups in total. The first-order valence-corrected chi connectivity index (χ1v) is 9.29. The molecule has 122 valence electrons. The molecule has 2 aromatic heterocycles. The highest BCUT2D eigenvalue weighted by Crippen LogP contribution is 2.46. The summed E-state index contributed by atoms with van der Waals surface area (Å²) in [5, 5.41) is 22.0. The summed E-state index contributed by atoms with van der Waals surface area (Å²) in [5.41, 5.74) is 0.973. The predicted molar refractivity (Wildman–Crippen MR) is 89.0 cm³/mol. The van der Waals surface area contributed by atoms with Gasteiger partial charge in [-0.2, -0.15) is 4.68 Å². The largest absolute Gasteiger partial charge is 0.303 e. The second-order valence-electron chi connectivity index (χ2n) is 6.35. The summed E-state index contributed by atoms with van der Waals surface area (Å²) < 4.78 is 4.14. The molecule has 0 amide bonds. The number of rotatable bonds is 6. The van der Waals surface area contributed by atoms with E-state index in [4.69, 9.17) is 0 Å². The van der Waals surface area contributed by atoms with Crippen molar-refractivity contribution in [1.29, 1.82) is 0 Å². The number of aromatic nitrogens is 7. The SMILES string of the molecule is c1ccc(-n2nnnc2CSc2nnc(C3CC3)n2C2CC2)cc1. The summed E-state index contributed by atoms with van der Waals surface area (Å²) >= 11 is 1.67. The van der Waals surface area contributed by atoms with Crippen molar-refractivity contribution in [3.63, 3.8) is 0 Å². The lowest BCUT2D eigenvalue weighted by atomic mass is 10.3. The Bertz CT molecular complexity index is 848. The number of para-hydroxylation sites is 1. The van der Waals surface area contributed by atoms with Crippen molar-refractivity contribution in [3.05, 3.63) is 42.0 Å². The van der Waals surface area contributed by atoms with Crippen LogP contribution in [0.3, 0.4) is 0 Å². The number of hydrogen-bond donors (Lipinski definition) is 0. The second kappa shape index (κ2) is 5.70. The molecule has 0 spiro atoms. The van der Waals surface area contributed by atoms with Gasteiger partial charge in [-0.05, 0) is 48.2 Å². The van der Waals surface area contributed by atoms with E-state index in [9.17, 15) is 0 Å². The molecule has 0 unspecified atom stereocenters. The zero-order valence-corrected chi connectivity index (χ0v) is 13.9. The fourth-order valence-electron chi connectivity index (χ4n) is 2.88. The van der Waals surface area contributed by atoms with E-state index < -0.39 is 0 Å². The maximum absolute atomic E-state index is 4.45. The number of hydrogen-bond acceptors (Lipinski definition) is 6. The van der Waals surface area contributed by atoms with Gasteiger partial charge in [-0.15, -0.1) is 15.3 Å². The van der Waals surface area contributed by atoms with E-state index in [1.807, 2.05) is 30.3 Å². The van der Waals surface area contributed by atoms with Gasteiger partial charge in [0.1, 0.15) is 5.82 Å². The van der Waals surface area contributed by atoms with Crippen molar-refractivity contribution in [1.82, 2.24) is 35.0 Å². The summed E-state index contributed by atoms with van der Waals surface area (Å²) in [6, 6.07) is 10.6.